The van der Waals surface area contributed by atoms with E-state index in [1.54, 1.807) is 26.8 Å². The molecule has 1 rings (SSSR count). The number of hydrogen-bond donors (Lipinski definition) is 0. The van der Waals surface area contributed by atoms with Crippen molar-refractivity contribution in [3.05, 3.63) is 29.8 Å². The molecule has 0 amide bonds. The minimum atomic E-state index is -0.765. The highest BCUT2D eigenvalue weighted by molar-refractivity contribution is 5.89. The molecule has 0 saturated heterocycles. The Labute approximate surface area is 106 Å². The first-order chi connectivity index (χ1) is 8.48. The summed E-state index contributed by atoms with van der Waals surface area (Å²) in [5.41, 5.74) is -0.157. The lowest BCUT2D eigenvalue weighted by molar-refractivity contribution is -0.290. The monoisotopic (exact) mass is 255 g/mol. The van der Waals surface area contributed by atoms with Crippen molar-refractivity contribution in [1.29, 1.82) is 0 Å². The summed E-state index contributed by atoms with van der Waals surface area (Å²) in [6, 6.07) is 2.92. The highest BCUT2D eigenvalue weighted by atomic mass is 19.1. The van der Waals surface area contributed by atoms with Gasteiger partial charge in [0.15, 0.2) is 0 Å². The number of carbonyl (C=O) groups excluding carboxylic acids is 1. The van der Waals surface area contributed by atoms with Gasteiger partial charge in [0.25, 0.3) is 0 Å². The molecule has 1 aromatic rings. The van der Waals surface area contributed by atoms with Gasteiger partial charge < -0.3 is 0 Å². The van der Waals surface area contributed by atoms with Gasteiger partial charge in [0, 0.05) is 18.0 Å². The Morgan fingerprint density at radius 3 is 2.78 bits per heavy atom. The van der Waals surface area contributed by atoms with Gasteiger partial charge in [-0.1, -0.05) is 0 Å². The molecule has 0 aliphatic heterocycles. The smallest absolute Gasteiger partial charge is 0.213 e. The first-order valence-electron chi connectivity index (χ1n) is 5.88. The Morgan fingerprint density at radius 2 is 2.17 bits per heavy atom. The third-order valence-electron chi connectivity index (χ3n) is 2.76. The van der Waals surface area contributed by atoms with Crippen molar-refractivity contribution in [2.24, 2.45) is 0 Å². The summed E-state index contributed by atoms with van der Waals surface area (Å²) < 4.78 is 13.0. The molecule has 0 spiro atoms. The van der Waals surface area contributed by atoms with Crippen LogP contribution in [0.15, 0.2) is 18.3 Å². The number of Topliss-reactive ketones (excluding diaryl/α,β-unsaturated/α-hetero) is 1. The van der Waals surface area contributed by atoms with Crippen LogP contribution in [0.25, 0.3) is 0 Å². The third kappa shape index (κ3) is 3.85. The summed E-state index contributed by atoms with van der Waals surface area (Å²) >= 11 is 0. The van der Waals surface area contributed by atoms with Gasteiger partial charge in [0.2, 0.25) is 5.95 Å². The minimum Gasteiger partial charge on any atom is -0.299 e. The molecular weight excluding hydrogens is 237 g/mol. The van der Waals surface area contributed by atoms with E-state index in [4.69, 9.17) is 9.78 Å². The Kier molecular flexibility index (Phi) is 5.37. The molecule has 18 heavy (non-hydrogen) atoms. The van der Waals surface area contributed by atoms with E-state index in [0.29, 0.717) is 12.2 Å². The fourth-order valence-corrected chi connectivity index (χ4v) is 1.54. The van der Waals surface area contributed by atoms with Gasteiger partial charge in [-0.25, -0.2) is 14.8 Å². The average Bonchev–Trinajstić information content (AvgIpc) is 2.34. The van der Waals surface area contributed by atoms with Gasteiger partial charge in [0.05, 0.1) is 13.2 Å². The van der Waals surface area contributed by atoms with E-state index in [9.17, 15) is 9.18 Å². The maximum atomic E-state index is 13.0. The molecule has 100 valence electrons. The molecule has 0 N–H and O–H groups in total. The molecule has 1 heterocycles. The van der Waals surface area contributed by atoms with Gasteiger partial charge in [0.1, 0.15) is 5.78 Å². The van der Waals surface area contributed by atoms with E-state index in [0.717, 1.165) is 0 Å². The second-order valence-electron chi connectivity index (χ2n) is 4.39. The summed E-state index contributed by atoms with van der Waals surface area (Å²) in [4.78, 5) is 25.0. The fraction of sp³-hybridized carbons (Fsp3) is 0.538. The van der Waals surface area contributed by atoms with E-state index in [2.05, 4.69) is 4.98 Å². The molecule has 0 aliphatic carbocycles. The number of nitrogens with zero attached hydrogens (tertiary/aromatic N) is 1. The average molecular weight is 255 g/mol. The van der Waals surface area contributed by atoms with Crippen molar-refractivity contribution in [2.45, 2.75) is 32.6 Å². The molecule has 0 saturated carbocycles. The number of aromatic nitrogens is 1. The lowest BCUT2D eigenvalue weighted by Crippen LogP contribution is -2.30. The van der Waals surface area contributed by atoms with Gasteiger partial charge in [-0.15, -0.1) is 0 Å². The Morgan fingerprint density at radius 1 is 1.44 bits per heavy atom. The molecule has 0 aromatic carbocycles. The van der Waals surface area contributed by atoms with Crippen molar-refractivity contribution in [1.82, 2.24) is 4.98 Å². The zero-order chi connectivity index (χ0) is 13.6. The second-order valence-corrected chi connectivity index (χ2v) is 4.39. The molecule has 1 aromatic heterocycles. The summed E-state index contributed by atoms with van der Waals surface area (Å²) in [5, 5.41) is 0. The number of halogens is 1. The van der Waals surface area contributed by atoms with Gasteiger partial charge in [-0.3, -0.25) is 4.79 Å². The maximum absolute atomic E-state index is 13.0. The van der Waals surface area contributed by atoms with Crippen molar-refractivity contribution in [3.8, 4) is 0 Å². The second kappa shape index (κ2) is 6.56. The van der Waals surface area contributed by atoms with Gasteiger partial charge >= 0.3 is 0 Å². The van der Waals surface area contributed by atoms with Crippen molar-refractivity contribution in [3.63, 3.8) is 0 Å². The zero-order valence-electron chi connectivity index (χ0n) is 10.9. The predicted octanol–water partition coefficient (Wildman–Crippen LogP) is 2.43. The molecule has 0 fully saturated rings. The highest BCUT2D eigenvalue weighted by Crippen LogP contribution is 2.25. The third-order valence-corrected chi connectivity index (χ3v) is 2.76. The molecule has 0 aliphatic rings. The molecule has 4 nitrogen and oxygen atoms in total. The first kappa shape index (κ1) is 14.7. The summed E-state index contributed by atoms with van der Waals surface area (Å²) in [7, 11) is 0. The standard InChI is InChI=1S/C13H18FNO3/c1-4-17-18-8-6-11(16)13(2,3)10-5-7-15-12(14)9-10/h5,7,9H,4,6,8H2,1-3H3. The lowest BCUT2D eigenvalue weighted by Gasteiger charge is -2.23. The molecule has 0 radical (unpaired) electrons. The number of ketones is 1. The Balaban J connectivity index is 2.65. The van der Waals surface area contributed by atoms with Crippen LogP contribution in [0.4, 0.5) is 4.39 Å². The topological polar surface area (TPSA) is 48.4 Å². The molecular formula is C13H18FNO3. The van der Waals surface area contributed by atoms with E-state index in [-0.39, 0.29) is 18.8 Å². The van der Waals surface area contributed by atoms with Crippen LogP contribution in [0.5, 0.6) is 0 Å². The van der Waals surface area contributed by atoms with Crippen molar-refractivity contribution < 1.29 is 19.0 Å². The number of hydrogen-bond acceptors (Lipinski definition) is 4. The maximum Gasteiger partial charge on any atom is 0.213 e. The van der Waals surface area contributed by atoms with Crippen molar-refractivity contribution in [2.75, 3.05) is 13.2 Å². The summed E-state index contributed by atoms with van der Waals surface area (Å²) in [6.07, 6.45) is 1.58. The molecule has 0 unspecified atom stereocenters. The van der Waals surface area contributed by atoms with Crippen LogP contribution in [-0.2, 0) is 20.0 Å². The van der Waals surface area contributed by atoms with E-state index < -0.39 is 11.4 Å². The lowest BCUT2D eigenvalue weighted by atomic mass is 9.80. The number of rotatable bonds is 7. The molecule has 0 bridgehead atoms. The van der Waals surface area contributed by atoms with Crippen LogP contribution < -0.4 is 0 Å². The van der Waals surface area contributed by atoms with Crippen LogP contribution in [0.2, 0.25) is 0 Å². The fourth-order valence-electron chi connectivity index (χ4n) is 1.54. The first-order valence-corrected chi connectivity index (χ1v) is 5.88. The van der Waals surface area contributed by atoms with E-state index in [1.807, 2.05) is 0 Å². The zero-order valence-corrected chi connectivity index (χ0v) is 10.9. The normalized spacial score (nSPS) is 11.6. The quantitative estimate of drug-likeness (QED) is 0.325. The number of pyridine rings is 1. The summed E-state index contributed by atoms with van der Waals surface area (Å²) in [5.74, 6) is -0.619. The SMILES string of the molecule is CCOOCCC(=O)C(C)(C)c1ccnc(F)c1. The van der Waals surface area contributed by atoms with Crippen LogP contribution in [0.1, 0.15) is 32.8 Å². The van der Waals surface area contributed by atoms with Crippen LogP contribution in [0.3, 0.4) is 0 Å². The van der Waals surface area contributed by atoms with Gasteiger partial charge in [-0.2, -0.15) is 4.39 Å². The molecule has 5 heteroatoms. The number of carbonyl (C=O) groups is 1. The predicted molar refractivity (Wildman–Crippen MR) is 64.4 cm³/mol. The minimum absolute atomic E-state index is 0.0344. The van der Waals surface area contributed by atoms with Crippen molar-refractivity contribution >= 4 is 5.78 Å². The van der Waals surface area contributed by atoms with E-state index >= 15 is 0 Å². The summed E-state index contributed by atoms with van der Waals surface area (Å²) in [6.45, 7) is 5.94. The van der Waals surface area contributed by atoms with Crippen LogP contribution >= 0.6 is 0 Å². The van der Waals surface area contributed by atoms with E-state index in [1.165, 1.54) is 12.3 Å². The van der Waals surface area contributed by atoms with Gasteiger partial charge in [-0.05, 0) is 38.5 Å². The van der Waals surface area contributed by atoms with Crippen LogP contribution in [-0.4, -0.2) is 24.0 Å². The van der Waals surface area contributed by atoms with Crippen LogP contribution in [0, 0.1) is 5.95 Å². The Hall–Kier alpha value is -1.33. The largest absolute Gasteiger partial charge is 0.299 e. The highest BCUT2D eigenvalue weighted by Gasteiger charge is 2.29. The molecule has 0 atom stereocenters. The Bertz CT molecular complexity index is 407.